The van der Waals surface area contributed by atoms with Gasteiger partial charge in [-0.25, -0.2) is 0 Å². The molecule has 18 heavy (non-hydrogen) atoms. The largest absolute Gasteiger partial charge is 0.496 e. The summed E-state index contributed by atoms with van der Waals surface area (Å²) in [5.74, 6) is 3.33. The number of unbranched alkanes of at least 4 members (excludes halogenated alkanes) is 1. The molecule has 1 atom stereocenters. The van der Waals surface area contributed by atoms with Gasteiger partial charge in [0.25, 0.3) is 0 Å². The van der Waals surface area contributed by atoms with Crippen molar-refractivity contribution in [2.45, 2.75) is 32.7 Å². The second-order valence-corrected chi connectivity index (χ2v) is 5.43. The highest BCUT2D eigenvalue weighted by atomic mass is 32.2. The lowest BCUT2D eigenvalue weighted by molar-refractivity contribution is 0.403. The number of para-hydroxylation sites is 1. The highest BCUT2D eigenvalue weighted by Gasteiger charge is 2.14. The molecule has 0 amide bonds. The van der Waals surface area contributed by atoms with Crippen LogP contribution in [0.4, 0.5) is 0 Å². The van der Waals surface area contributed by atoms with Crippen molar-refractivity contribution < 1.29 is 4.74 Å². The summed E-state index contributed by atoms with van der Waals surface area (Å²) >= 11 is 2.02. The van der Waals surface area contributed by atoms with E-state index in [1.807, 2.05) is 23.9 Å². The molecular weight excluding hydrogens is 242 g/mol. The Bertz CT molecular complexity index is 330. The smallest absolute Gasteiger partial charge is 0.123 e. The van der Waals surface area contributed by atoms with Crippen LogP contribution >= 0.6 is 11.8 Å². The molecule has 0 saturated heterocycles. The van der Waals surface area contributed by atoms with Gasteiger partial charge >= 0.3 is 0 Å². The highest BCUT2D eigenvalue weighted by molar-refractivity contribution is 7.99. The average Bonchev–Trinajstić information content (AvgIpc) is 2.42. The lowest BCUT2D eigenvalue weighted by Crippen LogP contribution is -2.23. The topological polar surface area (TPSA) is 21.3 Å². The summed E-state index contributed by atoms with van der Waals surface area (Å²) < 4.78 is 5.45. The van der Waals surface area contributed by atoms with Crippen LogP contribution in [0.25, 0.3) is 0 Å². The van der Waals surface area contributed by atoms with E-state index in [0.29, 0.717) is 6.04 Å². The maximum Gasteiger partial charge on any atom is 0.123 e. The Morgan fingerprint density at radius 1 is 1.28 bits per heavy atom. The number of thioether (sulfide) groups is 1. The minimum Gasteiger partial charge on any atom is -0.496 e. The summed E-state index contributed by atoms with van der Waals surface area (Å²) in [6, 6.07) is 8.69. The molecule has 0 aliphatic carbocycles. The van der Waals surface area contributed by atoms with Crippen LogP contribution in [0, 0.1) is 0 Å². The number of benzene rings is 1. The molecule has 1 unspecified atom stereocenters. The quantitative estimate of drug-likeness (QED) is 0.686. The fourth-order valence-corrected chi connectivity index (χ4v) is 3.10. The first-order valence-electron chi connectivity index (χ1n) is 6.77. The summed E-state index contributed by atoms with van der Waals surface area (Å²) in [5.41, 5.74) is 1.27. The minimum absolute atomic E-state index is 0.382. The van der Waals surface area contributed by atoms with Crippen molar-refractivity contribution in [1.82, 2.24) is 5.32 Å². The number of hydrogen-bond acceptors (Lipinski definition) is 3. The van der Waals surface area contributed by atoms with E-state index in [9.17, 15) is 0 Å². The highest BCUT2D eigenvalue weighted by Crippen LogP contribution is 2.27. The van der Waals surface area contributed by atoms with Gasteiger partial charge in [0, 0.05) is 17.4 Å². The fourth-order valence-electron chi connectivity index (χ4n) is 1.91. The Morgan fingerprint density at radius 2 is 2.06 bits per heavy atom. The third-order valence-electron chi connectivity index (χ3n) is 2.89. The first-order chi connectivity index (χ1) is 8.83. The van der Waals surface area contributed by atoms with Gasteiger partial charge in [0.15, 0.2) is 0 Å². The van der Waals surface area contributed by atoms with E-state index in [4.69, 9.17) is 4.74 Å². The van der Waals surface area contributed by atoms with Crippen molar-refractivity contribution in [2.24, 2.45) is 0 Å². The molecule has 1 aromatic carbocycles. The zero-order valence-electron chi connectivity index (χ0n) is 11.7. The van der Waals surface area contributed by atoms with Crippen molar-refractivity contribution in [2.75, 3.05) is 25.2 Å². The van der Waals surface area contributed by atoms with Gasteiger partial charge in [0.1, 0.15) is 5.75 Å². The van der Waals surface area contributed by atoms with E-state index in [0.717, 1.165) is 18.0 Å². The van der Waals surface area contributed by atoms with Crippen LogP contribution < -0.4 is 10.1 Å². The van der Waals surface area contributed by atoms with Crippen molar-refractivity contribution in [3.05, 3.63) is 29.8 Å². The summed E-state index contributed by atoms with van der Waals surface area (Å²) in [5, 5.41) is 3.55. The second kappa shape index (κ2) is 9.29. The zero-order valence-corrected chi connectivity index (χ0v) is 12.6. The molecule has 1 aromatic rings. The van der Waals surface area contributed by atoms with Gasteiger partial charge in [-0.2, -0.15) is 11.8 Å². The second-order valence-electron chi connectivity index (χ2n) is 4.28. The molecule has 2 nitrogen and oxygen atoms in total. The number of rotatable bonds is 9. The first-order valence-corrected chi connectivity index (χ1v) is 7.93. The molecule has 0 aliphatic heterocycles. The maximum atomic E-state index is 5.45. The van der Waals surface area contributed by atoms with E-state index in [1.54, 1.807) is 7.11 Å². The van der Waals surface area contributed by atoms with Crippen LogP contribution in [-0.2, 0) is 0 Å². The molecule has 0 heterocycles. The average molecular weight is 267 g/mol. The van der Waals surface area contributed by atoms with E-state index < -0.39 is 0 Å². The Labute approximate surface area is 116 Å². The van der Waals surface area contributed by atoms with Crippen LogP contribution in [0.15, 0.2) is 24.3 Å². The van der Waals surface area contributed by atoms with Crippen LogP contribution in [0.3, 0.4) is 0 Å². The van der Waals surface area contributed by atoms with Crippen LogP contribution in [-0.4, -0.2) is 25.2 Å². The molecule has 0 saturated carbocycles. The van der Waals surface area contributed by atoms with Crippen LogP contribution in [0.5, 0.6) is 5.75 Å². The molecule has 0 spiro atoms. The van der Waals surface area contributed by atoms with Gasteiger partial charge in [-0.1, -0.05) is 38.5 Å². The number of nitrogens with one attached hydrogen (secondary N) is 1. The van der Waals surface area contributed by atoms with Crippen LogP contribution in [0.1, 0.15) is 38.3 Å². The summed E-state index contributed by atoms with van der Waals surface area (Å²) in [6.07, 6.45) is 2.57. The van der Waals surface area contributed by atoms with Gasteiger partial charge in [0.2, 0.25) is 0 Å². The molecule has 0 aromatic heterocycles. The zero-order chi connectivity index (χ0) is 13.2. The number of ether oxygens (including phenoxy) is 1. The van der Waals surface area contributed by atoms with Crippen molar-refractivity contribution in [3.63, 3.8) is 0 Å². The van der Waals surface area contributed by atoms with E-state index in [1.165, 1.54) is 24.2 Å². The summed E-state index contributed by atoms with van der Waals surface area (Å²) in [4.78, 5) is 0. The number of hydrogen-bond donors (Lipinski definition) is 1. The van der Waals surface area contributed by atoms with Crippen molar-refractivity contribution in [3.8, 4) is 5.75 Å². The predicted octanol–water partition coefficient (Wildman–Crippen LogP) is 3.88. The normalized spacial score (nSPS) is 12.4. The SMILES string of the molecule is CCCCSCC(NCC)c1ccccc1OC. The van der Waals surface area contributed by atoms with Crippen molar-refractivity contribution in [1.29, 1.82) is 0 Å². The van der Waals surface area contributed by atoms with Gasteiger partial charge in [-0.05, 0) is 24.8 Å². The molecule has 3 heteroatoms. The Balaban J connectivity index is 2.64. The Morgan fingerprint density at radius 3 is 2.72 bits per heavy atom. The van der Waals surface area contributed by atoms with Crippen molar-refractivity contribution >= 4 is 11.8 Å². The Kier molecular flexibility index (Phi) is 7.94. The van der Waals surface area contributed by atoms with Gasteiger partial charge in [-0.15, -0.1) is 0 Å². The third-order valence-corrected chi connectivity index (χ3v) is 4.04. The van der Waals surface area contributed by atoms with Gasteiger partial charge in [-0.3, -0.25) is 0 Å². The van der Waals surface area contributed by atoms with E-state index >= 15 is 0 Å². The van der Waals surface area contributed by atoms with E-state index in [2.05, 4.69) is 31.3 Å². The molecule has 1 rings (SSSR count). The summed E-state index contributed by atoms with van der Waals surface area (Å²) in [7, 11) is 1.74. The lowest BCUT2D eigenvalue weighted by atomic mass is 10.1. The monoisotopic (exact) mass is 267 g/mol. The van der Waals surface area contributed by atoms with Gasteiger partial charge in [0.05, 0.1) is 7.11 Å². The van der Waals surface area contributed by atoms with Crippen LogP contribution in [0.2, 0.25) is 0 Å². The molecule has 0 aliphatic rings. The summed E-state index contributed by atoms with van der Waals surface area (Å²) in [6.45, 7) is 5.37. The molecule has 0 radical (unpaired) electrons. The molecular formula is C15H25NOS. The van der Waals surface area contributed by atoms with E-state index in [-0.39, 0.29) is 0 Å². The fraction of sp³-hybridized carbons (Fsp3) is 0.600. The molecule has 0 bridgehead atoms. The predicted molar refractivity (Wildman–Crippen MR) is 81.6 cm³/mol. The number of methoxy groups -OCH3 is 1. The lowest BCUT2D eigenvalue weighted by Gasteiger charge is -2.20. The minimum atomic E-state index is 0.382. The Hall–Kier alpha value is -0.670. The maximum absolute atomic E-state index is 5.45. The van der Waals surface area contributed by atoms with Gasteiger partial charge < -0.3 is 10.1 Å². The third kappa shape index (κ3) is 4.91. The first kappa shape index (κ1) is 15.4. The molecule has 1 N–H and O–H groups in total. The molecule has 102 valence electrons. The molecule has 0 fully saturated rings. The standard InChI is InChI=1S/C15H25NOS/c1-4-6-11-18-12-14(16-5-2)13-9-7-8-10-15(13)17-3/h7-10,14,16H,4-6,11-12H2,1-3H3.